The maximum Gasteiger partial charge on any atom is 0.330 e. The molecule has 12 nitrogen and oxygen atoms in total. The van der Waals surface area contributed by atoms with Gasteiger partial charge in [-0.05, 0) is 62.1 Å². The number of fused-ring (bicyclic) bond motifs is 2. The van der Waals surface area contributed by atoms with Crippen molar-refractivity contribution >= 4 is 34.8 Å². The number of carbonyl (C=O) groups is 3. The summed E-state index contributed by atoms with van der Waals surface area (Å²) in [7, 11) is 1.61. The maximum atomic E-state index is 14.5. The Morgan fingerprint density at radius 1 is 1.06 bits per heavy atom. The minimum Gasteiger partial charge on any atom is -0.497 e. The van der Waals surface area contributed by atoms with Gasteiger partial charge in [-0.25, -0.2) is 9.78 Å². The van der Waals surface area contributed by atoms with Crippen LogP contribution in [0.3, 0.4) is 0 Å². The number of carboxylic acid groups (broad SMARTS) is 1. The molecule has 2 aromatic carbocycles. The van der Waals surface area contributed by atoms with Crippen molar-refractivity contribution in [2.75, 3.05) is 19.0 Å². The van der Waals surface area contributed by atoms with Crippen LogP contribution < -0.4 is 15.4 Å². The number of ether oxygens (including phenoxy) is 1. The molecular weight excluding hydrogens is 643 g/mol. The first-order valence-corrected chi connectivity index (χ1v) is 17.6. The largest absolute Gasteiger partial charge is 0.497 e. The molecule has 0 unspecified atom stereocenters. The van der Waals surface area contributed by atoms with Crippen molar-refractivity contribution < 1.29 is 24.2 Å². The van der Waals surface area contributed by atoms with Crippen LogP contribution in [-0.4, -0.2) is 79.0 Å². The van der Waals surface area contributed by atoms with Crippen molar-refractivity contribution in [3.63, 3.8) is 0 Å². The fourth-order valence-electron chi connectivity index (χ4n) is 6.89. The molecule has 13 heteroatoms. The molecule has 7 rings (SSSR count). The second kappa shape index (κ2) is 13.8. The summed E-state index contributed by atoms with van der Waals surface area (Å²) in [6.07, 6.45) is 10.3. The summed E-state index contributed by atoms with van der Waals surface area (Å²) in [5, 5.41) is 28.9. The molecule has 3 N–H and O–H groups in total. The van der Waals surface area contributed by atoms with Crippen LogP contribution in [0, 0.1) is 5.92 Å². The number of carboxylic acids is 1. The molecule has 2 aromatic heterocycles. The summed E-state index contributed by atoms with van der Waals surface area (Å²) < 4.78 is 5.35. The lowest BCUT2D eigenvalue weighted by Crippen LogP contribution is -2.55. The van der Waals surface area contributed by atoms with E-state index in [0.29, 0.717) is 35.0 Å². The van der Waals surface area contributed by atoms with E-state index in [9.17, 15) is 19.5 Å². The van der Waals surface area contributed by atoms with E-state index in [0.717, 1.165) is 36.9 Å². The first kappa shape index (κ1) is 32.5. The lowest BCUT2D eigenvalue weighted by molar-refractivity contribution is -0.145. The van der Waals surface area contributed by atoms with Crippen LogP contribution in [0.15, 0.2) is 78.3 Å². The molecule has 0 bridgehead atoms. The first-order chi connectivity index (χ1) is 23.9. The zero-order valence-corrected chi connectivity index (χ0v) is 28.0. The van der Waals surface area contributed by atoms with Crippen molar-refractivity contribution in [2.45, 2.75) is 68.6 Å². The molecule has 49 heavy (non-hydrogen) atoms. The Hall–Kier alpha value is -5.04. The lowest BCUT2D eigenvalue weighted by Gasteiger charge is -2.30. The Balaban J connectivity index is 1.24. The molecule has 4 aromatic rings. The summed E-state index contributed by atoms with van der Waals surface area (Å²) in [5.74, 6) is -1.34. The summed E-state index contributed by atoms with van der Waals surface area (Å²) in [4.78, 5) is 48.8. The molecule has 0 radical (unpaired) electrons. The lowest BCUT2D eigenvalue weighted by atomic mass is 10.0. The quantitative estimate of drug-likeness (QED) is 0.224. The molecule has 2 amide bonds. The number of hydrogen-bond acceptors (Lipinski definition) is 9. The predicted octanol–water partition coefficient (Wildman–Crippen LogP) is 5.18. The number of allylic oxidation sites excluding steroid dienone is 1. The highest BCUT2D eigenvalue weighted by Gasteiger charge is 2.61. The van der Waals surface area contributed by atoms with Crippen molar-refractivity contribution in [3.05, 3.63) is 78.3 Å². The summed E-state index contributed by atoms with van der Waals surface area (Å²) >= 11 is 1.45. The number of aromatic nitrogens is 4. The highest BCUT2D eigenvalue weighted by atomic mass is 32.1. The molecule has 2 aliphatic heterocycles. The third-order valence-corrected chi connectivity index (χ3v) is 10.5. The first-order valence-electron chi connectivity index (χ1n) is 16.7. The third-order valence-electron chi connectivity index (χ3n) is 9.71. The molecule has 5 atom stereocenters. The fraction of sp³-hybridized carbons (Fsp3) is 0.389. The number of anilines is 1. The van der Waals surface area contributed by atoms with Crippen LogP contribution >= 0.6 is 11.3 Å². The predicted molar refractivity (Wildman–Crippen MR) is 185 cm³/mol. The number of methoxy groups -OCH3 is 1. The Morgan fingerprint density at radius 3 is 2.59 bits per heavy atom. The second-order valence-electron chi connectivity index (χ2n) is 12.9. The molecule has 1 aliphatic carbocycles. The average molecular weight is 682 g/mol. The van der Waals surface area contributed by atoms with Gasteiger partial charge in [0.2, 0.25) is 11.8 Å². The van der Waals surface area contributed by atoms with Gasteiger partial charge in [-0.15, -0.1) is 16.4 Å². The average Bonchev–Trinajstić information content (AvgIpc) is 3.57. The fourth-order valence-corrected chi connectivity index (χ4v) is 7.52. The van der Waals surface area contributed by atoms with Crippen molar-refractivity contribution in [1.29, 1.82) is 0 Å². The van der Waals surface area contributed by atoms with Crippen LogP contribution in [0.5, 0.6) is 5.75 Å². The smallest absolute Gasteiger partial charge is 0.330 e. The Bertz CT molecular complexity index is 1830. The van der Waals surface area contributed by atoms with Gasteiger partial charge in [-0.2, -0.15) is 9.90 Å². The number of nitrogens with zero attached hydrogens (tertiary/aromatic N) is 5. The van der Waals surface area contributed by atoms with E-state index in [4.69, 9.17) is 14.9 Å². The molecule has 1 saturated carbocycles. The van der Waals surface area contributed by atoms with Gasteiger partial charge in [-0.1, -0.05) is 43.2 Å². The van der Waals surface area contributed by atoms with Gasteiger partial charge >= 0.3 is 5.97 Å². The Morgan fingerprint density at radius 2 is 1.86 bits per heavy atom. The van der Waals surface area contributed by atoms with Crippen LogP contribution in [0.1, 0.15) is 51.0 Å². The van der Waals surface area contributed by atoms with Crippen LogP contribution in [0.2, 0.25) is 0 Å². The monoisotopic (exact) mass is 681 g/mol. The summed E-state index contributed by atoms with van der Waals surface area (Å²) in [6.45, 7) is 0.182. The van der Waals surface area contributed by atoms with E-state index in [-0.39, 0.29) is 24.8 Å². The number of rotatable bonds is 7. The number of benzene rings is 2. The minimum atomic E-state index is -1.38. The highest BCUT2D eigenvalue weighted by Crippen LogP contribution is 2.46. The zero-order chi connectivity index (χ0) is 34.0. The molecule has 254 valence electrons. The number of carbonyl (C=O) groups excluding carboxylic acids is 2. The van der Waals surface area contributed by atoms with Crippen molar-refractivity contribution in [2.24, 2.45) is 5.92 Å². The topological polar surface area (TPSA) is 152 Å². The molecule has 0 spiro atoms. The number of hydrogen-bond donors (Lipinski definition) is 3. The molecule has 2 fully saturated rings. The van der Waals surface area contributed by atoms with E-state index in [1.165, 1.54) is 11.3 Å². The molecule has 3 aliphatic rings. The van der Waals surface area contributed by atoms with E-state index < -0.39 is 35.5 Å². The van der Waals surface area contributed by atoms with E-state index >= 15 is 0 Å². The van der Waals surface area contributed by atoms with Gasteiger partial charge in [0.05, 0.1) is 13.2 Å². The highest BCUT2D eigenvalue weighted by molar-refractivity contribution is 7.13. The van der Waals surface area contributed by atoms with Gasteiger partial charge < -0.3 is 25.4 Å². The minimum absolute atomic E-state index is 0.182. The van der Waals surface area contributed by atoms with Crippen LogP contribution in [-0.2, 0) is 14.4 Å². The normalized spacial score (nSPS) is 26.4. The standard InChI is InChI=1S/C36H39N7O5S/c1-48-27-16-14-23(15-17-27)30-31(33-37-18-19-49-33)41-43(40-30)26-20-29-32(44)39-36(35(46)47)21-24(36)10-6-3-2-4-9-13-28(34(45)42(29)22-26)38-25-11-7-5-8-12-25/h5-8,10-12,14-19,24,26,28-29,38H,2-4,9,13,20-22H2,1H3,(H,39,44)(H,46,47)/b10-6-/t24-,26-,28+,29+,36-/m1/s1. The molecule has 4 heterocycles. The molecular formula is C36H39N7O5S. The van der Waals surface area contributed by atoms with E-state index in [1.807, 2.05) is 72.1 Å². The third kappa shape index (κ3) is 6.67. The van der Waals surface area contributed by atoms with Crippen LogP contribution in [0.25, 0.3) is 22.0 Å². The summed E-state index contributed by atoms with van der Waals surface area (Å²) in [5.41, 5.74) is 1.48. The van der Waals surface area contributed by atoms with Crippen LogP contribution in [0.4, 0.5) is 5.69 Å². The van der Waals surface area contributed by atoms with Gasteiger partial charge in [0.1, 0.15) is 39.8 Å². The van der Waals surface area contributed by atoms with Gasteiger partial charge in [0.25, 0.3) is 0 Å². The van der Waals surface area contributed by atoms with Crippen molar-refractivity contribution in [3.8, 4) is 27.7 Å². The number of para-hydroxylation sites is 1. The zero-order valence-electron chi connectivity index (χ0n) is 27.2. The van der Waals surface area contributed by atoms with Gasteiger partial charge in [0, 0.05) is 41.7 Å². The van der Waals surface area contributed by atoms with E-state index in [1.54, 1.807) is 23.0 Å². The number of amides is 2. The number of nitrogens with one attached hydrogen (secondary N) is 2. The summed E-state index contributed by atoms with van der Waals surface area (Å²) in [6, 6.07) is 15.2. The SMILES string of the molecule is COc1ccc(-c2nn([C@@H]3C[C@H]4C(=O)N[C@]5(C(=O)O)C[C@H]5/C=C\CCCCC[C@H](Nc5ccccc5)C(=O)N4C3)nc2-c2nccs2)cc1. The number of aliphatic carboxylic acids is 1. The van der Waals surface area contributed by atoms with Crippen molar-refractivity contribution in [1.82, 2.24) is 30.2 Å². The Kier molecular flexibility index (Phi) is 9.17. The van der Waals surface area contributed by atoms with E-state index in [2.05, 4.69) is 15.6 Å². The van der Waals surface area contributed by atoms with Gasteiger partial charge in [-0.3, -0.25) is 9.59 Å². The maximum absolute atomic E-state index is 14.5. The number of thiazole rings is 1. The Labute approximate surface area is 288 Å². The molecule has 1 saturated heterocycles. The second-order valence-corrected chi connectivity index (χ2v) is 13.8. The van der Waals surface area contributed by atoms with Gasteiger partial charge in [0.15, 0.2) is 0 Å².